The molecule has 4 rings (SSSR count). The van der Waals surface area contributed by atoms with Gasteiger partial charge >= 0.3 is 5.97 Å². The van der Waals surface area contributed by atoms with Crippen LogP contribution in [0.5, 0.6) is 0 Å². The SMILES string of the molecule is O=C(CN1C(=O)c2ccccc2C1=O)OCc1nc(-c2ccc(F)cc2)no1. The van der Waals surface area contributed by atoms with Crippen LogP contribution in [0.15, 0.2) is 53.1 Å². The Morgan fingerprint density at radius 3 is 2.32 bits per heavy atom. The minimum absolute atomic E-state index is 0.0232. The zero-order chi connectivity index (χ0) is 19.7. The van der Waals surface area contributed by atoms with Gasteiger partial charge in [0.1, 0.15) is 12.4 Å². The highest BCUT2D eigenvalue weighted by atomic mass is 19.1. The normalized spacial score (nSPS) is 13.0. The fraction of sp³-hybridized carbons (Fsp3) is 0.105. The lowest BCUT2D eigenvalue weighted by Crippen LogP contribution is -2.35. The van der Waals surface area contributed by atoms with Crippen LogP contribution in [0.1, 0.15) is 26.6 Å². The molecule has 0 spiro atoms. The summed E-state index contributed by atoms with van der Waals surface area (Å²) in [6.45, 7) is -0.846. The maximum Gasteiger partial charge on any atom is 0.326 e. The molecule has 0 aliphatic carbocycles. The van der Waals surface area contributed by atoms with Crippen LogP contribution in [0.2, 0.25) is 0 Å². The minimum atomic E-state index is -0.795. The third-order valence-electron chi connectivity index (χ3n) is 4.09. The smallest absolute Gasteiger partial charge is 0.326 e. The second-order valence-corrected chi connectivity index (χ2v) is 5.92. The van der Waals surface area contributed by atoms with E-state index < -0.39 is 30.1 Å². The lowest BCUT2D eigenvalue weighted by molar-refractivity contribution is -0.146. The molecule has 1 aliphatic rings. The van der Waals surface area contributed by atoms with Gasteiger partial charge < -0.3 is 9.26 Å². The summed E-state index contributed by atoms with van der Waals surface area (Å²) in [7, 11) is 0. The number of fused-ring (bicyclic) bond motifs is 1. The number of rotatable bonds is 5. The van der Waals surface area contributed by atoms with Gasteiger partial charge in [-0.1, -0.05) is 17.3 Å². The van der Waals surface area contributed by atoms with Crippen molar-refractivity contribution in [2.75, 3.05) is 6.54 Å². The third-order valence-corrected chi connectivity index (χ3v) is 4.09. The molecule has 3 aromatic rings. The number of carbonyl (C=O) groups is 3. The first-order valence-corrected chi connectivity index (χ1v) is 8.22. The number of halogens is 1. The lowest BCUT2D eigenvalue weighted by Gasteiger charge is -2.12. The third kappa shape index (κ3) is 3.25. The zero-order valence-electron chi connectivity index (χ0n) is 14.3. The standard InChI is InChI=1S/C19H12FN3O5/c20-12-7-5-11(6-8-12)17-21-15(28-22-17)10-27-16(24)9-23-18(25)13-3-1-2-4-14(13)19(23)26/h1-8H,9-10H2. The molecular formula is C19H12FN3O5. The molecule has 8 nitrogen and oxygen atoms in total. The Balaban J connectivity index is 1.36. The number of hydrogen-bond acceptors (Lipinski definition) is 7. The van der Waals surface area contributed by atoms with Gasteiger partial charge in [-0.3, -0.25) is 19.3 Å². The highest BCUT2D eigenvalue weighted by molar-refractivity contribution is 6.22. The quantitative estimate of drug-likeness (QED) is 0.493. The maximum atomic E-state index is 13.0. The molecule has 0 saturated carbocycles. The average Bonchev–Trinajstić information content (AvgIpc) is 3.27. The number of nitrogens with zero attached hydrogens (tertiary/aromatic N) is 3. The van der Waals surface area contributed by atoms with Gasteiger partial charge in [0.05, 0.1) is 11.1 Å². The maximum absolute atomic E-state index is 13.0. The zero-order valence-corrected chi connectivity index (χ0v) is 14.3. The predicted molar refractivity (Wildman–Crippen MR) is 91.3 cm³/mol. The molecule has 140 valence electrons. The molecule has 1 aromatic heterocycles. The van der Waals surface area contributed by atoms with E-state index in [0.717, 1.165) is 4.90 Å². The van der Waals surface area contributed by atoms with Crippen LogP contribution >= 0.6 is 0 Å². The molecule has 0 unspecified atom stereocenters. The number of hydrogen-bond donors (Lipinski definition) is 0. The average molecular weight is 381 g/mol. The van der Waals surface area contributed by atoms with E-state index in [9.17, 15) is 18.8 Å². The van der Waals surface area contributed by atoms with Crippen LogP contribution in [-0.2, 0) is 16.1 Å². The molecule has 0 saturated heterocycles. The van der Waals surface area contributed by atoms with Crippen LogP contribution in [0, 0.1) is 5.82 Å². The summed E-state index contributed by atoms with van der Waals surface area (Å²) in [5, 5.41) is 3.73. The van der Waals surface area contributed by atoms with E-state index in [2.05, 4.69) is 10.1 Å². The molecule has 9 heteroatoms. The van der Waals surface area contributed by atoms with E-state index >= 15 is 0 Å². The minimum Gasteiger partial charge on any atom is -0.454 e. The number of ether oxygens (including phenoxy) is 1. The predicted octanol–water partition coefficient (Wildman–Crippen LogP) is 2.22. The van der Waals surface area contributed by atoms with E-state index in [1.807, 2.05) is 0 Å². The van der Waals surface area contributed by atoms with E-state index in [1.165, 1.54) is 36.4 Å². The molecule has 2 aromatic carbocycles. The van der Waals surface area contributed by atoms with Crippen molar-refractivity contribution in [1.29, 1.82) is 0 Å². The van der Waals surface area contributed by atoms with E-state index in [1.54, 1.807) is 12.1 Å². The van der Waals surface area contributed by atoms with Gasteiger partial charge in [-0.2, -0.15) is 4.98 Å². The summed E-state index contributed by atoms with van der Waals surface area (Å²) in [5.74, 6) is -2.05. The van der Waals surface area contributed by atoms with Crippen molar-refractivity contribution in [3.63, 3.8) is 0 Å². The number of esters is 1. The Morgan fingerprint density at radius 1 is 1.04 bits per heavy atom. The topological polar surface area (TPSA) is 103 Å². The number of benzene rings is 2. The Hall–Kier alpha value is -3.88. The summed E-state index contributed by atoms with van der Waals surface area (Å²) in [6, 6.07) is 11.8. The van der Waals surface area contributed by atoms with Gasteiger partial charge in [0, 0.05) is 5.56 Å². The number of aromatic nitrogens is 2. The fourth-order valence-electron chi connectivity index (χ4n) is 2.73. The summed E-state index contributed by atoms with van der Waals surface area (Å²) in [5.41, 5.74) is 1.04. The highest BCUT2D eigenvalue weighted by Gasteiger charge is 2.36. The molecule has 0 atom stereocenters. The van der Waals surface area contributed by atoms with Crippen LogP contribution in [0.4, 0.5) is 4.39 Å². The Kier molecular flexibility index (Phi) is 4.40. The second-order valence-electron chi connectivity index (χ2n) is 5.92. The molecule has 0 fully saturated rings. The van der Waals surface area contributed by atoms with Crippen LogP contribution < -0.4 is 0 Å². The molecule has 2 amide bonds. The van der Waals surface area contributed by atoms with Crippen molar-refractivity contribution in [3.05, 3.63) is 71.4 Å². The molecular weight excluding hydrogens is 369 g/mol. The van der Waals surface area contributed by atoms with Gasteiger partial charge in [0.15, 0.2) is 6.61 Å². The molecule has 0 bridgehead atoms. The number of amides is 2. The van der Waals surface area contributed by atoms with Crippen LogP contribution in [0.3, 0.4) is 0 Å². The first kappa shape index (κ1) is 17.5. The van der Waals surface area contributed by atoms with E-state index in [4.69, 9.17) is 9.26 Å². The lowest BCUT2D eigenvalue weighted by atomic mass is 10.1. The summed E-state index contributed by atoms with van der Waals surface area (Å²) in [4.78, 5) is 41.4. The van der Waals surface area contributed by atoms with E-state index in [-0.39, 0.29) is 29.4 Å². The molecule has 28 heavy (non-hydrogen) atoms. The van der Waals surface area contributed by atoms with Crippen molar-refractivity contribution in [2.24, 2.45) is 0 Å². The van der Waals surface area contributed by atoms with Crippen molar-refractivity contribution >= 4 is 17.8 Å². The summed E-state index contributed by atoms with van der Waals surface area (Å²) < 4.78 is 22.9. The summed E-state index contributed by atoms with van der Waals surface area (Å²) in [6.07, 6.45) is 0. The van der Waals surface area contributed by atoms with Crippen LogP contribution in [-0.4, -0.2) is 39.4 Å². The molecule has 0 N–H and O–H groups in total. The number of carbonyl (C=O) groups excluding carboxylic acids is 3. The molecule has 1 aliphatic heterocycles. The van der Waals surface area contributed by atoms with Crippen LogP contribution in [0.25, 0.3) is 11.4 Å². The Bertz CT molecular complexity index is 1040. The van der Waals surface area contributed by atoms with Gasteiger partial charge in [0.25, 0.3) is 17.7 Å². The van der Waals surface area contributed by atoms with Crippen molar-refractivity contribution in [1.82, 2.24) is 15.0 Å². The Morgan fingerprint density at radius 2 is 1.68 bits per heavy atom. The highest BCUT2D eigenvalue weighted by Crippen LogP contribution is 2.22. The van der Waals surface area contributed by atoms with Gasteiger partial charge in [-0.05, 0) is 36.4 Å². The first-order chi connectivity index (χ1) is 13.5. The van der Waals surface area contributed by atoms with Crippen molar-refractivity contribution in [3.8, 4) is 11.4 Å². The monoisotopic (exact) mass is 381 g/mol. The molecule has 0 radical (unpaired) electrons. The van der Waals surface area contributed by atoms with Crippen molar-refractivity contribution < 1.29 is 28.0 Å². The van der Waals surface area contributed by atoms with Gasteiger partial charge in [0.2, 0.25) is 5.82 Å². The second kappa shape index (κ2) is 7.03. The number of imide groups is 1. The van der Waals surface area contributed by atoms with Gasteiger partial charge in [-0.25, -0.2) is 4.39 Å². The summed E-state index contributed by atoms with van der Waals surface area (Å²) >= 11 is 0. The largest absolute Gasteiger partial charge is 0.454 e. The molecule has 2 heterocycles. The fourth-order valence-corrected chi connectivity index (χ4v) is 2.73. The van der Waals surface area contributed by atoms with E-state index in [0.29, 0.717) is 5.56 Å². The van der Waals surface area contributed by atoms with Crippen molar-refractivity contribution in [2.45, 2.75) is 6.61 Å². The Labute approximate surface area is 157 Å². The van der Waals surface area contributed by atoms with Gasteiger partial charge in [-0.15, -0.1) is 0 Å². The first-order valence-electron chi connectivity index (χ1n) is 8.22.